The van der Waals surface area contributed by atoms with Gasteiger partial charge in [-0.2, -0.15) is 0 Å². The molecule has 1 fully saturated rings. The molecule has 4 nitrogen and oxygen atoms in total. The average Bonchev–Trinajstić information content (AvgIpc) is 2.60. The van der Waals surface area contributed by atoms with Crippen LogP contribution in [0.15, 0.2) is 34.5 Å². The van der Waals surface area contributed by atoms with E-state index in [2.05, 4.69) is 17.9 Å². The van der Waals surface area contributed by atoms with E-state index >= 15 is 0 Å². The minimum absolute atomic E-state index is 0.187. The van der Waals surface area contributed by atoms with Crippen LogP contribution >= 0.6 is 12.6 Å². The standard InChI is InChI=1S/C12H16N2O2S2/c1-3-8-6-5-7-13-9(8)10-11(15)14(4-2)12(17)18(10)16/h5-7,12-13,17H,3-4H2,1-2H3/b10-9+. The van der Waals surface area contributed by atoms with Crippen molar-refractivity contribution in [1.82, 2.24) is 10.2 Å². The van der Waals surface area contributed by atoms with Crippen molar-refractivity contribution in [2.24, 2.45) is 0 Å². The van der Waals surface area contributed by atoms with Gasteiger partial charge in [-0.1, -0.05) is 13.0 Å². The van der Waals surface area contributed by atoms with Crippen LogP contribution < -0.4 is 5.32 Å². The molecule has 1 amide bonds. The van der Waals surface area contributed by atoms with Gasteiger partial charge >= 0.3 is 0 Å². The first-order valence-corrected chi connectivity index (χ1v) is 7.61. The summed E-state index contributed by atoms with van der Waals surface area (Å²) in [6.45, 7) is 4.37. The van der Waals surface area contributed by atoms with Gasteiger partial charge in [-0.15, -0.1) is 12.6 Å². The fraction of sp³-hybridized carbons (Fsp3) is 0.417. The van der Waals surface area contributed by atoms with Crippen molar-refractivity contribution in [3.05, 3.63) is 34.5 Å². The molecule has 0 spiro atoms. The van der Waals surface area contributed by atoms with Crippen molar-refractivity contribution >= 4 is 29.3 Å². The Hall–Kier alpha value is -1.01. The number of rotatable bonds is 2. The van der Waals surface area contributed by atoms with Gasteiger partial charge in [0, 0.05) is 12.7 Å². The van der Waals surface area contributed by atoms with E-state index < -0.39 is 15.5 Å². The number of nitrogens with zero attached hydrogens (tertiary/aromatic N) is 1. The summed E-state index contributed by atoms with van der Waals surface area (Å²) in [5.74, 6) is -0.187. The molecule has 2 atom stereocenters. The number of dihydropyridines is 1. The summed E-state index contributed by atoms with van der Waals surface area (Å²) >= 11 is 4.26. The van der Waals surface area contributed by atoms with Crippen molar-refractivity contribution in [1.29, 1.82) is 0 Å². The molecule has 2 aliphatic heterocycles. The van der Waals surface area contributed by atoms with Gasteiger partial charge in [-0.3, -0.25) is 9.00 Å². The first kappa shape index (κ1) is 13.4. The van der Waals surface area contributed by atoms with Crippen LogP contribution in [0.4, 0.5) is 0 Å². The maximum absolute atomic E-state index is 12.3. The Morgan fingerprint density at radius 2 is 2.22 bits per heavy atom. The smallest absolute Gasteiger partial charge is 0.266 e. The number of hydrogen-bond donors (Lipinski definition) is 2. The van der Waals surface area contributed by atoms with E-state index in [0.29, 0.717) is 17.1 Å². The molecule has 0 saturated carbocycles. The molecule has 18 heavy (non-hydrogen) atoms. The number of thiol groups is 1. The Labute approximate surface area is 115 Å². The van der Waals surface area contributed by atoms with Crippen molar-refractivity contribution < 1.29 is 9.00 Å². The third-order valence-electron chi connectivity index (χ3n) is 3.01. The van der Waals surface area contributed by atoms with Gasteiger partial charge in [0.1, 0.15) is 4.91 Å². The van der Waals surface area contributed by atoms with Gasteiger partial charge in [0.25, 0.3) is 5.91 Å². The lowest BCUT2D eigenvalue weighted by Crippen LogP contribution is -2.30. The lowest BCUT2D eigenvalue weighted by molar-refractivity contribution is -0.125. The van der Waals surface area contributed by atoms with E-state index in [1.54, 1.807) is 6.20 Å². The Balaban J connectivity index is 2.50. The van der Waals surface area contributed by atoms with Crippen molar-refractivity contribution in [2.45, 2.75) is 25.0 Å². The number of carbonyl (C=O) groups excluding carboxylic acids is 1. The van der Waals surface area contributed by atoms with E-state index in [9.17, 15) is 9.00 Å². The summed E-state index contributed by atoms with van der Waals surface area (Å²) in [5, 5.41) is 3.04. The average molecular weight is 284 g/mol. The van der Waals surface area contributed by atoms with Crippen LogP contribution in [-0.2, 0) is 15.6 Å². The SMILES string of the molecule is CCC1=CC=CN/C1=C1\C(=O)N(CC)C(S)S1=O. The van der Waals surface area contributed by atoms with Gasteiger partial charge in [0.2, 0.25) is 0 Å². The second kappa shape index (κ2) is 5.32. The molecule has 6 heteroatoms. The molecule has 1 N–H and O–H groups in total. The number of carbonyl (C=O) groups is 1. The molecular weight excluding hydrogens is 268 g/mol. The van der Waals surface area contributed by atoms with E-state index in [1.807, 2.05) is 26.0 Å². The third-order valence-corrected chi connectivity index (χ3v) is 5.28. The van der Waals surface area contributed by atoms with Gasteiger partial charge in [0.05, 0.1) is 16.5 Å². The minimum Gasteiger partial charge on any atom is -0.360 e. The first-order chi connectivity index (χ1) is 8.61. The quantitative estimate of drug-likeness (QED) is 0.596. The number of likely N-dealkylation sites (N-methyl/N-ethyl adjacent to an activating group) is 1. The lowest BCUT2D eigenvalue weighted by atomic mass is 10.1. The molecule has 2 rings (SSSR count). The molecule has 0 aromatic carbocycles. The topological polar surface area (TPSA) is 49.4 Å². The summed E-state index contributed by atoms with van der Waals surface area (Å²) < 4.78 is 11.7. The number of amides is 1. The maximum atomic E-state index is 12.3. The third kappa shape index (κ3) is 2.03. The molecule has 1 saturated heterocycles. The van der Waals surface area contributed by atoms with Crippen LogP contribution in [0.5, 0.6) is 0 Å². The summed E-state index contributed by atoms with van der Waals surface area (Å²) in [7, 11) is -1.40. The van der Waals surface area contributed by atoms with Gasteiger partial charge in [-0.05, 0) is 25.0 Å². The Kier molecular flexibility index (Phi) is 3.97. The molecule has 0 aliphatic carbocycles. The second-order valence-electron chi connectivity index (χ2n) is 3.97. The van der Waals surface area contributed by atoms with Crippen LogP contribution in [0.3, 0.4) is 0 Å². The Morgan fingerprint density at radius 3 is 2.78 bits per heavy atom. The van der Waals surface area contributed by atoms with Crippen LogP contribution in [0.2, 0.25) is 0 Å². The molecule has 98 valence electrons. The molecule has 0 aromatic heterocycles. The fourth-order valence-electron chi connectivity index (χ4n) is 2.02. The zero-order valence-electron chi connectivity index (χ0n) is 10.3. The van der Waals surface area contributed by atoms with E-state index in [0.717, 1.165) is 12.0 Å². The van der Waals surface area contributed by atoms with Crippen LogP contribution in [-0.4, -0.2) is 26.3 Å². The van der Waals surface area contributed by atoms with Gasteiger partial charge in [0.15, 0.2) is 4.71 Å². The highest BCUT2D eigenvalue weighted by Gasteiger charge is 2.41. The number of allylic oxidation sites excluding steroid dienone is 3. The van der Waals surface area contributed by atoms with Crippen molar-refractivity contribution in [2.75, 3.05) is 6.54 Å². The molecular formula is C12H16N2O2S2. The lowest BCUT2D eigenvalue weighted by Gasteiger charge is -2.16. The van der Waals surface area contributed by atoms with E-state index in [1.165, 1.54) is 4.90 Å². The van der Waals surface area contributed by atoms with Crippen LogP contribution in [0.25, 0.3) is 0 Å². The monoisotopic (exact) mass is 284 g/mol. The molecule has 0 radical (unpaired) electrons. The maximum Gasteiger partial charge on any atom is 0.266 e. The predicted octanol–water partition coefficient (Wildman–Crippen LogP) is 1.48. The zero-order valence-corrected chi connectivity index (χ0v) is 12.1. The Morgan fingerprint density at radius 1 is 1.50 bits per heavy atom. The number of nitrogens with one attached hydrogen (secondary N) is 1. The molecule has 2 unspecified atom stereocenters. The first-order valence-electron chi connectivity index (χ1n) is 5.88. The highest BCUT2D eigenvalue weighted by atomic mass is 32.2. The Bertz CT molecular complexity index is 494. The van der Waals surface area contributed by atoms with E-state index in [4.69, 9.17) is 0 Å². The van der Waals surface area contributed by atoms with Gasteiger partial charge in [-0.25, -0.2) is 0 Å². The zero-order chi connectivity index (χ0) is 13.3. The predicted molar refractivity (Wildman–Crippen MR) is 76.0 cm³/mol. The minimum atomic E-state index is -1.40. The summed E-state index contributed by atoms with van der Waals surface area (Å²) in [4.78, 5) is 14.1. The van der Waals surface area contributed by atoms with Crippen molar-refractivity contribution in [3.8, 4) is 0 Å². The normalized spacial score (nSPS) is 31.6. The summed E-state index contributed by atoms with van der Waals surface area (Å²) in [6, 6.07) is 0. The van der Waals surface area contributed by atoms with Gasteiger partial charge < -0.3 is 10.2 Å². The fourth-order valence-corrected chi connectivity index (χ4v) is 3.97. The highest BCUT2D eigenvalue weighted by Crippen LogP contribution is 2.32. The molecule has 0 aromatic rings. The summed E-state index contributed by atoms with van der Waals surface area (Å²) in [6.07, 6.45) is 6.34. The second-order valence-corrected chi connectivity index (χ2v) is 6.26. The summed E-state index contributed by atoms with van der Waals surface area (Å²) in [5.41, 5.74) is 1.67. The highest BCUT2D eigenvalue weighted by molar-refractivity contribution is 8.04. The largest absolute Gasteiger partial charge is 0.360 e. The molecule has 2 aliphatic rings. The van der Waals surface area contributed by atoms with Crippen molar-refractivity contribution in [3.63, 3.8) is 0 Å². The van der Waals surface area contributed by atoms with Crippen LogP contribution in [0.1, 0.15) is 20.3 Å². The van der Waals surface area contributed by atoms with Crippen LogP contribution in [0, 0.1) is 0 Å². The molecule has 2 heterocycles. The molecule has 0 bridgehead atoms. The van der Waals surface area contributed by atoms with E-state index in [-0.39, 0.29) is 5.91 Å². The number of hydrogen-bond acceptors (Lipinski definition) is 4.